The highest BCUT2D eigenvalue weighted by Gasteiger charge is 2.22. The number of rotatable bonds is 4. The summed E-state index contributed by atoms with van der Waals surface area (Å²) in [6.45, 7) is 2.00. The summed E-state index contributed by atoms with van der Waals surface area (Å²) in [7, 11) is 3.22. The van der Waals surface area contributed by atoms with Crippen molar-refractivity contribution in [2.24, 2.45) is 0 Å². The largest absolute Gasteiger partial charge is 0.493 e. The molecule has 22 heavy (non-hydrogen) atoms. The molecule has 0 amide bonds. The molecule has 1 aromatic heterocycles. The van der Waals surface area contributed by atoms with Gasteiger partial charge in [-0.05, 0) is 44.1 Å². The number of nitrogens with zero attached hydrogens (tertiary/aromatic N) is 2. The summed E-state index contributed by atoms with van der Waals surface area (Å²) in [5.74, 6) is 3.00. The van der Waals surface area contributed by atoms with Crippen LogP contribution in [0.15, 0.2) is 22.7 Å². The van der Waals surface area contributed by atoms with E-state index in [-0.39, 0.29) is 12.4 Å². The fourth-order valence-electron chi connectivity index (χ4n) is 2.56. The van der Waals surface area contributed by atoms with Gasteiger partial charge >= 0.3 is 0 Å². The summed E-state index contributed by atoms with van der Waals surface area (Å²) in [4.78, 5) is 4.53. The van der Waals surface area contributed by atoms with Gasteiger partial charge in [-0.3, -0.25) is 0 Å². The molecule has 6 nitrogen and oxygen atoms in total. The van der Waals surface area contributed by atoms with Crippen molar-refractivity contribution in [2.75, 3.05) is 27.3 Å². The fourth-order valence-corrected chi connectivity index (χ4v) is 2.56. The Morgan fingerprint density at radius 1 is 1.14 bits per heavy atom. The van der Waals surface area contributed by atoms with E-state index in [1.165, 1.54) is 0 Å². The molecule has 0 unspecified atom stereocenters. The number of ether oxygens (including phenoxy) is 2. The lowest BCUT2D eigenvalue weighted by Crippen LogP contribution is -2.26. The maximum Gasteiger partial charge on any atom is 0.230 e. The van der Waals surface area contributed by atoms with Gasteiger partial charge in [-0.25, -0.2) is 0 Å². The van der Waals surface area contributed by atoms with Crippen molar-refractivity contribution in [3.8, 4) is 22.9 Å². The van der Waals surface area contributed by atoms with E-state index in [4.69, 9.17) is 14.0 Å². The Kier molecular flexibility index (Phi) is 5.63. The van der Waals surface area contributed by atoms with Crippen LogP contribution in [0, 0.1) is 0 Å². The minimum atomic E-state index is 0. The van der Waals surface area contributed by atoms with Crippen molar-refractivity contribution in [1.29, 1.82) is 0 Å². The summed E-state index contributed by atoms with van der Waals surface area (Å²) in [6, 6.07) is 5.60. The molecular formula is C15H20ClN3O3. The molecule has 1 fully saturated rings. The quantitative estimate of drug-likeness (QED) is 0.932. The van der Waals surface area contributed by atoms with Crippen LogP contribution < -0.4 is 14.8 Å². The summed E-state index contributed by atoms with van der Waals surface area (Å²) < 4.78 is 16.0. The first-order valence-corrected chi connectivity index (χ1v) is 7.08. The Bertz CT molecular complexity index is 612. The molecule has 1 aliphatic heterocycles. The average Bonchev–Trinajstić information content (AvgIpc) is 3.05. The van der Waals surface area contributed by atoms with Gasteiger partial charge in [0.05, 0.1) is 14.2 Å². The third kappa shape index (κ3) is 3.34. The molecule has 0 spiro atoms. The van der Waals surface area contributed by atoms with Crippen LogP contribution in [0.1, 0.15) is 24.7 Å². The van der Waals surface area contributed by atoms with Gasteiger partial charge in [0.1, 0.15) is 0 Å². The second-order valence-electron chi connectivity index (χ2n) is 5.05. The van der Waals surface area contributed by atoms with Crippen molar-refractivity contribution < 1.29 is 14.0 Å². The van der Waals surface area contributed by atoms with E-state index < -0.39 is 0 Å². The van der Waals surface area contributed by atoms with Crippen LogP contribution in [-0.2, 0) is 0 Å². The normalized spacial score (nSPS) is 15.2. The smallest absolute Gasteiger partial charge is 0.230 e. The number of aromatic nitrogens is 2. The minimum absolute atomic E-state index is 0. The van der Waals surface area contributed by atoms with Gasteiger partial charge in [0, 0.05) is 11.5 Å². The SMILES string of the molecule is COc1ccc(-c2noc(C3CCNCC3)n2)cc1OC.Cl. The number of hydrogen-bond donors (Lipinski definition) is 1. The van der Waals surface area contributed by atoms with Crippen molar-refractivity contribution in [3.05, 3.63) is 24.1 Å². The van der Waals surface area contributed by atoms with Crippen LogP contribution in [0.2, 0.25) is 0 Å². The highest BCUT2D eigenvalue weighted by molar-refractivity contribution is 5.85. The molecule has 0 aliphatic carbocycles. The van der Waals surface area contributed by atoms with Gasteiger partial charge in [0.25, 0.3) is 0 Å². The summed E-state index contributed by atoms with van der Waals surface area (Å²) in [5.41, 5.74) is 0.858. The zero-order chi connectivity index (χ0) is 14.7. The fraction of sp³-hybridized carbons (Fsp3) is 0.467. The Morgan fingerprint density at radius 2 is 1.86 bits per heavy atom. The summed E-state index contributed by atoms with van der Waals surface area (Å²) in [6.07, 6.45) is 2.07. The minimum Gasteiger partial charge on any atom is -0.493 e. The van der Waals surface area contributed by atoms with Gasteiger partial charge in [-0.15, -0.1) is 12.4 Å². The van der Waals surface area contributed by atoms with Crippen molar-refractivity contribution in [2.45, 2.75) is 18.8 Å². The molecule has 1 saturated heterocycles. The van der Waals surface area contributed by atoms with Gasteiger partial charge in [-0.1, -0.05) is 5.16 Å². The molecule has 120 valence electrons. The second-order valence-corrected chi connectivity index (χ2v) is 5.05. The Balaban J connectivity index is 0.00000176. The maximum absolute atomic E-state index is 5.43. The molecule has 2 heterocycles. The summed E-state index contributed by atoms with van der Waals surface area (Å²) >= 11 is 0. The first-order valence-electron chi connectivity index (χ1n) is 7.08. The van der Waals surface area contributed by atoms with E-state index in [1.807, 2.05) is 18.2 Å². The lowest BCUT2D eigenvalue weighted by Gasteiger charge is -2.18. The van der Waals surface area contributed by atoms with Gasteiger partial charge in [0.2, 0.25) is 11.7 Å². The number of halogens is 1. The maximum atomic E-state index is 5.43. The third-order valence-corrected chi connectivity index (χ3v) is 3.77. The standard InChI is InChI=1S/C15H19N3O3.ClH/c1-19-12-4-3-11(9-13(12)20-2)14-17-15(21-18-14)10-5-7-16-8-6-10;/h3-4,9-10,16H,5-8H2,1-2H3;1H. The molecule has 1 aliphatic rings. The lowest BCUT2D eigenvalue weighted by atomic mass is 9.98. The first-order chi connectivity index (χ1) is 10.3. The molecule has 1 N–H and O–H groups in total. The predicted molar refractivity (Wildman–Crippen MR) is 84.9 cm³/mol. The molecule has 7 heteroatoms. The Labute approximate surface area is 135 Å². The first kappa shape index (κ1) is 16.6. The molecule has 0 atom stereocenters. The van der Waals surface area contributed by atoms with E-state index in [1.54, 1.807) is 14.2 Å². The van der Waals surface area contributed by atoms with Gasteiger partial charge < -0.3 is 19.3 Å². The number of benzene rings is 1. The lowest BCUT2D eigenvalue weighted by molar-refractivity contribution is 0.320. The second kappa shape index (κ2) is 7.47. The van der Waals surface area contributed by atoms with Crippen LogP contribution in [0.3, 0.4) is 0 Å². The zero-order valence-electron chi connectivity index (χ0n) is 12.7. The number of nitrogens with one attached hydrogen (secondary N) is 1. The highest BCUT2D eigenvalue weighted by Crippen LogP contribution is 2.32. The number of piperidine rings is 1. The van der Waals surface area contributed by atoms with Crippen molar-refractivity contribution >= 4 is 12.4 Å². The Hall–Kier alpha value is -1.79. The van der Waals surface area contributed by atoms with Crippen LogP contribution >= 0.6 is 12.4 Å². The summed E-state index contributed by atoms with van der Waals surface area (Å²) in [5, 5.41) is 7.42. The van der Waals surface area contributed by atoms with Gasteiger partial charge in [0.15, 0.2) is 11.5 Å². The molecule has 0 bridgehead atoms. The van der Waals surface area contributed by atoms with Crippen LogP contribution in [0.4, 0.5) is 0 Å². The molecule has 0 radical (unpaired) electrons. The topological polar surface area (TPSA) is 69.4 Å². The molecule has 2 aromatic rings. The van der Waals surface area contributed by atoms with E-state index in [0.717, 1.165) is 37.4 Å². The average molecular weight is 326 g/mol. The van der Waals surface area contributed by atoms with E-state index in [9.17, 15) is 0 Å². The van der Waals surface area contributed by atoms with Crippen molar-refractivity contribution in [3.63, 3.8) is 0 Å². The number of methoxy groups -OCH3 is 2. The van der Waals surface area contributed by atoms with Gasteiger partial charge in [-0.2, -0.15) is 4.98 Å². The van der Waals surface area contributed by atoms with Crippen LogP contribution in [0.5, 0.6) is 11.5 Å². The molecule has 0 saturated carbocycles. The predicted octanol–water partition coefficient (Wildman–Crippen LogP) is 2.64. The third-order valence-electron chi connectivity index (χ3n) is 3.77. The Morgan fingerprint density at radius 3 is 2.55 bits per heavy atom. The van der Waals surface area contributed by atoms with E-state index in [0.29, 0.717) is 23.2 Å². The zero-order valence-corrected chi connectivity index (χ0v) is 13.5. The van der Waals surface area contributed by atoms with Crippen molar-refractivity contribution in [1.82, 2.24) is 15.5 Å². The van der Waals surface area contributed by atoms with E-state index in [2.05, 4.69) is 15.5 Å². The van der Waals surface area contributed by atoms with E-state index >= 15 is 0 Å². The molecular weight excluding hydrogens is 306 g/mol. The monoisotopic (exact) mass is 325 g/mol. The molecule has 1 aromatic carbocycles. The van der Waals surface area contributed by atoms with Crippen LogP contribution in [0.25, 0.3) is 11.4 Å². The molecule has 3 rings (SSSR count). The number of hydrogen-bond acceptors (Lipinski definition) is 6. The highest BCUT2D eigenvalue weighted by atomic mass is 35.5. The van der Waals surface area contributed by atoms with Crippen LogP contribution in [-0.4, -0.2) is 37.4 Å².